The minimum atomic E-state index is 0.748. The summed E-state index contributed by atoms with van der Waals surface area (Å²) in [5, 5.41) is 10.3. The molecule has 0 radical (unpaired) electrons. The average molecular weight is 237 g/mol. The number of nitrogens with one attached hydrogen (secondary N) is 1. The highest BCUT2D eigenvalue weighted by Crippen LogP contribution is 2.21. The van der Waals surface area contributed by atoms with Crippen LogP contribution in [-0.2, 0) is 6.54 Å². The molecule has 0 fully saturated rings. The van der Waals surface area contributed by atoms with Gasteiger partial charge >= 0.3 is 0 Å². The van der Waals surface area contributed by atoms with Crippen LogP contribution in [0.5, 0.6) is 0 Å². The summed E-state index contributed by atoms with van der Waals surface area (Å²) >= 11 is 1.62. The van der Waals surface area contributed by atoms with E-state index in [9.17, 15) is 0 Å². The van der Waals surface area contributed by atoms with Crippen molar-refractivity contribution in [1.29, 1.82) is 0 Å². The topological polar surface area (TPSA) is 51.0 Å². The number of hydrogen-bond donors (Lipinski definition) is 1. The normalized spacial score (nSPS) is 10.9. The van der Waals surface area contributed by atoms with Gasteiger partial charge in [0.25, 0.3) is 0 Å². The van der Waals surface area contributed by atoms with Gasteiger partial charge in [0.15, 0.2) is 5.76 Å². The Bertz CT molecular complexity index is 450. The van der Waals surface area contributed by atoms with Crippen LogP contribution in [-0.4, -0.2) is 16.7 Å². The van der Waals surface area contributed by atoms with Crippen molar-refractivity contribution >= 4 is 11.3 Å². The molecule has 2 aromatic rings. The Hall–Kier alpha value is -1.20. The van der Waals surface area contributed by atoms with Crippen LogP contribution in [0.25, 0.3) is 11.5 Å². The highest BCUT2D eigenvalue weighted by molar-refractivity contribution is 7.09. The Labute approximate surface area is 98.7 Å². The van der Waals surface area contributed by atoms with E-state index in [4.69, 9.17) is 4.52 Å². The van der Waals surface area contributed by atoms with Gasteiger partial charge in [0.05, 0.1) is 10.7 Å². The van der Waals surface area contributed by atoms with Gasteiger partial charge in [-0.15, -0.1) is 11.3 Å². The maximum absolute atomic E-state index is 5.25. The third kappa shape index (κ3) is 2.68. The van der Waals surface area contributed by atoms with E-state index in [1.54, 1.807) is 11.3 Å². The molecule has 0 aliphatic carbocycles. The first-order valence-corrected chi connectivity index (χ1v) is 6.26. The lowest BCUT2D eigenvalue weighted by Crippen LogP contribution is -2.13. The third-order valence-electron chi connectivity index (χ3n) is 2.16. The lowest BCUT2D eigenvalue weighted by molar-refractivity contribution is 0.419. The summed E-state index contributed by atoms with van der Waals surface area (Å²) in [7, 11) is 0. The monoisotopic (exact) mass is 237 g/mol. The predicted molar refractivity (Wildman–Crippen MR) is 64.3 cm³/mol. The quantitative estimate of drug-likeness (QED) is 0.812. The Kier molecular flexibility index (Phi) is 3.69. The van der Waals surface area contributed by atoms with E-state index in [-0.39, 0.29) is 0 Å². The molecule has 0 aromatic carbocycles. The molecule has 2 rings (SSSR count). The van der Waals surface area contributed by atoms with Crippen LogP contribution < -0.4 is 5.32 Å². The van der Waals surface area contributed by atoms with Crippen molar-refractivity contribution in [2.45, 2.75) is 26.8 Å². The van der Waals surface area contributed by atoms with Crippen LogP contribution in [0.2, 0.25) is 0 Å². The molecule has 0 atom stereocenters. The van der Waals surface area contributed by atoms with Gasteiger partial charge < -0.3 is 9.84 Å². The maximum atomic E-state index is 5.25. The van der Waals surface area contributed by atoms with Gasteiger partial charge in [-0.2, -0.15) is 0 Å². The first-order chi connectivity index (χ1) is 7.79. The molecule has 0 aliphatic rings. The molecule has 0 aliphatic heterocycles. The smallest absolute Gasteiger partial charge is 0.186 e. The fourth-order valence-corrected chi connectivity index (χ4v) is 1.99. The summed E-state index contributed by atoms with van der Waals surface area (Å²) in [5.41, 5.74) is 1.80. The molecule has 0 spiro atoms. The first kappa shape index (κ1) is 11.3. The van der Waals surface area contributed by atoms with Crippen LogP contribution >= 0.6 is 11.3 Å². The second-order valence-electron chi connectivity index (χ2n) is 3.61. The van der Waals surface area contributed by atoms with Crippen molar-refractivity contribution in [3.05, 3.63) is 22.1 Å². The Morgan fingerprint density at radius 3 is 3.06 bits per heavy atom. The molecule has 86 valence electrons. The van der Waals surface area contributed by atoms with Gasteiger partial charge in [0.2, 0.25) is 0 Å². The largest absolute Gasteiger partial charge is 0.354 e. The summed E-state index contributed by atoms with van der Waals surface area (Å²) in [6.07, 6.45) is 1.12. The lowest BCUT2D eigenvalue weighted by Gasteiger charge is -1.96. The number of aromatic nitrogens is 2. The Morgan fingerprint density at radius 2 is 2.38 bits per heavy atom. The number of hydrogen-bond acceptors (Lipinski definition) is 5. The zero-order valence-corrected chi connectivity index (χ0v) is 10.3. The molecule has 0 saturated heterocycles. The molecule has 0 saturated carbocycles. The third-order valence-corrected chi connectivity index (χ3v) is 2.94. The van der Waals surface area contributed by atoms with E-state index in [1.807, 2.05) is 18.4 Å². The van der Waals surface area contributed by atoms with E-state index in [0.29, 0.717) is 0 Å². The summed E-state index contributed by atoms with van der Waals surface area (Å²) < 4.78 is 5.25. The maximum Gasteiger partial charge on any atom is 0.186 e. The second kappa shape index (κ2) is 5.23. The van der Waals surface area contributed by atoms with Crippen LogP contribution in [0.4, 0.5) is 0 Å². The number of nitrogens with zero attached hydrogens (tertiary/aromatic N) is 2. The predicted octanol–water partition coefficient (Wildman–Crippen LogP) is 2.61. The SMILES string of the molecule is CCCNCc1cc(-c2csc(C)n2)on1. The molecular weight excluding hydrogens is 222 g/mol. The Balaban J connectivity index is 2.02. The fourth-order valence-electron chi connectivity index (χ4n) is 1.39. The molecule has 0 unspecified atom stereocenters. The molecular formula is C11H15N3OS. The summed E-state index contributed by atoms with van der Waals surface area (Å²) in [4.78, 5) is 4.36. The number of thiazole rings is 1. The van der Waals surface area contributed by atoms with Crippen molar-refractivity contribution < 1.29 is 4.52 Å². The van der Waals surface area contributed by atoms with Gasteiger partial charge in [-0.3, -0.25) is 0 Å². The van der Waals surface area contributed by atoms with E-state index < -0.39 is 0 Å². The van der Waals surface area contributed by atoms with Crippen molar-refractivity contribution in [3.63, 3.8) is 0 Å². The standard InChI is InChI=1S/C11H15N3OS/c1-3-4-12-6-9-5-11(15-14-9)10-7-16-8(2)13-10/h5,7,12H,3-4,6H2,1-2H3. The van der Waals surface area contributed by atoms with Crippen molar-refractivity contribution in [2.24, 2.45) is 0 Å². The van der Waals surface area contributed by atoms with Crippen LogP contribution in [0, 0.1) is 6.92 Å². The van der Waals surface area contributed by atoms with Crippen LogP contribution in [0.3, 0.4) is 0 Å². The van der Waals surface area contributed by atoms with Crippen molar-refractivity contribution in [3.8, 4) is 11.5 Å². The summed E-state index contributed by atoms with van der Waals surface area (Å²) in [5.74, 6) is 0.748. The van der Waals surface area contributed by atoms with Crippen LogP contribution in [0.15, 0.2) is 16.0 Å². The van der Waals surface area contributed by atoms with E-state index in [2.05, 4.69) is 22.4 Å². The number of aryl methyl sites for hydroxylation is 1. The Morgan fingerprint density at radius 1 is 1.50 bits per heavy atom. The van der Waals surface area contributed by atoms with Gasteiger partial charge in [-0.1, -0.05) is 12.1 Å². The minimum Gasteiger partial charge on any atom is -0.354 e. The fraction of sp³-hybridized carbons (Fsp3) is 0.455. The van der Waals surface area contributed by atoms with E-state index >= 15 is 0 Å². The molecule has 5 heteroatoms. The molecule has 2 heterocycles. The first-order valence-electron chi connectivity index (χ1n) is 5.38. The second-order valence-corrected chi connectivity index (χ2v) is 4.67. The summed E-state index contributed by atoms with van der Waals surface area (Å²) in [6, 6.07) is 1.94. The van der Waals surface area contributed by atoms with Crippen molar-refractivity contribution in [1.82, 2.24) is 15.5 Å². The molecule has 4 nitrogen and oxygen atoms in total. The minimum absolute atomic E-state index is 0.748. The van der Waals surface area contributed by atoms with Gasteiger partial charge in [-0.05, 0) is 19.9 Å². The average Bonchev–Trinajstić information content (AvgIpc) is 2.87. The van der Waals surface area contributed by atoms with Gasteiger partial charge in [0.1, 0.15) is 5.69 Å². The molecule has 2 aromatic heterocycles. The van der Waals surface area contributed by atoms with E-state index in [1.165, 1.54) is 0 Å². The van der Waals surface area contributed by atoms with Crippen molar-refractivity contribution in [2.75, 3.05) is 6.54 Å². The zero-order valence-electron chi connectivity index (χ0n) is 9.49. The highest BCUT2D eigenvalue weighted by Gasteiger charge is 2.08. The molecule has 1 N–H and O–H groups in total. The highest BCUT2D eigenvalue weighted by atomic mass is 32.1. The van der Waals surface area contributed by atoms with E-state index in [0.717, 1.165) is 41.7 Å². The molecule has 0 bridgehead atoms. The molecule has 0 amide bonds. The molecule has 16 heavy (non-hydrogen) atoms. The van der Waals surface area contributed by atoms with Gasteiger partial charge in [0, 0.05) is 18.0 Å². The zero-order chi connectivity index (χ0) is 11.4. The number of rotatable bonds is 5. The van der Waals surface area contributed by atoms with Gasteiger partial charge in [-0.25, -0.2) is 4.98 Å². The van der Waals surface area contributed by atoms with Crippen LogP contribution in [0.1, 0.15) is 24.0 Å². The lowest BCUT2D eigenvalue weighted by atomic mass is 10.3. The summed E-state index contributed by atoms with van der Waals surface area (Å²) in [6.45, 7) is 5.87.